The maximum Gasteiger partial charge on any atom is 0.326 e. The number of thiophene rings is 1. The zero-order chi connectivity index (χ0) is 23.0. The fraction of sp³-hybridized carbons (Fsp3) is 0.269. The lowest BCUT2D eigenvalue weighted by Crippen LogP contribution is -2.32. The van der Waals surface area contributed by atoms with Gasteiger partial charge < -0.3 is 5.11 Å². The molecule has 0 aliphatic carbocycles. The van der Waals surface area contributed by atoms with Crippen molar-refractivity contribution in [1.82, 2.24) is 9.55 Å². The molecule has 0 radical (unpaired) electrons. The minimum atomic E-state index is -1.02. The maximum atomic E-state index is 13.7. The van der Waals surface area contributed by atoms with Gasteiger partial charge in [-0.1, -0.05) is 59.7 Å². The molecule has 0 saturated heterocycles. The largest absolute Gasteiger partial charge is 0.480 e. The Kier molecular flexibility index (Phi) is 5.98. The molecule has 2 aromatic carbocycles. The van der Waals surface area contributed by atoms with Gasteiger partial charge in [-0.2, -0.15) is 0 Å². The van der Waals surface area contributed by atoms with E-state index in [2.05, 4.69) is 4.98 Å². The van der Waals surface area contributed by atoms with Crippen LogP contribution in [-0.4, -0.2) is 20.6 Å². The number of aryl methyl sites for hydroxylation is 5. The van der Waals surface area contributed by atoms with E-state index in [0.717, 1.165) is 32.7 Å². The van der Waals surface area contributed by atoms with Crippen LogP contribution in [0.3, 0.4) is 0 Å². The average Bonchev–Trinajstić information content (AvgIpc) is 3.07. The van der Waals surface area contributed by atoms with Crippen molar-refractivity contribution >= 4 is 27.5 Å². The molecule has 32 heavy (non-hydrogen) atoms. The van der Waals surface area contributed by atoms with Crippen LogP contribution in [-0.2, 0) is 11.2 Å². The number of hydrogen-bond donors (Lipinski definition) is 1. The van der Waals surface area contributed by atoms with Gasteiger partial charge in [0.1, 0.15) is 16.7 Å². The third-order valence-corrected chi connectivity index (χ3v) is 6.87. The molecule has 1 atom stereocenters. The van der Waals surface area contributed by atoms with Crippen molar-refractivity contribution in [2.45, 2.75) is 46.6 Å². The summed E-state index contributed by atoms with van der Waals surface area (Å²) < 4.78 is 1.36. The highest BCUT2D eigenvalue weighted by molar-refractivity contribution is 7.19. The smallest absolute Gasteiger partial charge is 0.326 e. The maximum absolute atomic E-state index is 13.7. The Morgan fingerprint density at radius 1 is 1.00 bits per heavy atom. The lowest BCUT2D eigenvalue weighted by Gasteiger charge is -2.18. The van der Waals surface area contributed by atoms with Gasteiger partial charge in [-0.05, 0) is 51.7 Å². The number of benzene rings is 2. The molecular weight excluding hydrogens is 420 g/mol. The van der Waals surface area contributed by atoms with E-state index in [1.807, 2.05) is 69.3 Å². The van der Waals surface area contributed by atoms with Crippen LogP contribution in [0.25, 0.3) is 21.3 Å². The summed E-state index contributed by atoms with van der Waals surface area (Å²) >= 11 is 1.47. The van der Waals surface area contributed by atoms with Gasteiger partial charge in [-0.3, -0.25) is 9.36 Å². The van der Waals surface area contributed by atoms with Crippen LogP contribution in [0.2, 0.25) is 0 Å². The molecular formula is C26H26N2O3S. The standard InChI is InChI=1S/C26H26N2O3S/c1-15-5-9-19(10-6-15)11-14-21(26(30)31)28-18(4)27-24-23(25(28)29)22(17(3)32-24)20-12-7-16(2)8-13-20/h5-10,12-13,21H,11,14H2,1-4H3,(H,30,31). The number of rotatable bonds is 6. The van der Waals surface area contributed by atoms with Gasteiger partial charge in [0.25, 0.3) is 5.56 Å². The van der Waals surface area contributed by atoms with E-state index in [1.54, 1.807) is 6.92 Å². The van der Waals surface area contributed by atoms with Crippen molar-refractivity contribution in [3.63, 3.8) is 0 Å². The summed E-state index contributed by atoms with van der Waals surface area (Å²) in [6, 6.07) is 15.1. The highest BCUT2D eigenvalue weighted by Crippen LogP contribution is 2.36. The molecule has 0 aliphatic rings. The number of aromatic nitrogens is 2. The second kappa shape index (κ2) is 8.71. The third kappa shape index (κ3) is 4.10. The fourth-order valence-electron chi connectivity index (χ4n) is 4.13. The molecule has 4 rings (SSSR count). The molecule has 164 valence electrons. The first-order valence-corrected chi connectivity index (χ1v) is 11.5. The monoisotopic (exact) mass is 446 g/mol. The summed E-state index contributed by atoms with van der Waals surface area (Å²) in [5, 5.41) is 10.5. The highest BCUT2D eigenvalue weighted by Gasteiger charge is 2.26. The second-order valence-corrected chi connectivity index (χ2v) is 9.50. The van der Waals surface area contributed by atoms with Gasteiger partial charge in [0.2, 0.25) is 0 Å². The molecule has 1 unspecified atom stereocenters. The minimum absolute atomic E-state index is 0.288. The molecule has 4 aromatic rings. The molecule has 0 fully saturated rings. The molecule has 2 heterocycles. The molecule has 0 amide bonds. The van der Waals surface area contributed by atoms with Crippen LogP contribution >= 0.6 is 11.3 Å². The molecule has 6 heteroatoms. The van der Waals surface area contributed by atoms with Gasteiger partial charge in [-0.25, -0.2) is 9.78 Å². The Morgan fingerprint density at radius 3 is 2.19 bits per heavy atom. The van der Waals surface area contributed by atoms with E-state index in [4.69, 9.17) is 0 Å². The molecule has 1 N–H and O–H groups in total. The first kappa shape index (κ1) is 22.0. The topological polar surface area (TPSA) is 72.2 Å². The van der Waals surface area contributed by atoms with Gasteiger partial charge in [-0.15, -0.1) is 11.3 Å². The molecule has 0 saturated carbocycles. The van der Waals surface area contributed by atoms with Crippen LogP contribution in [0.4, 0.5) is 0 Å². The summed E-state index contributed by atoms with van der Waals surface area (Å²) in [6.07, 6.45) is 0.879. The minimum Gasteiger partial charge on any atom is -0.480 e. The van der Waals surface area contributed by atoms with E-state index in [-0.39, 0.29) is 5.56 Å². The first-order valence-electron chi connectivity index (χ1n) is 10.6. The van der Waals surface area contributed by atoms with Crippen molar-refractivity contribution in [3.8, 4) is 11.1 Å². The summed E-state index contributed by atoms with van der Waals surface area (Å²) in [4.78, 5) is 32.2. The summed E-state index contributed by atoms with van der Waals surface area (Å²) in [7, 11) is 0. The Balaban J connectivity index is 1.82. The lowest BCUT2D eigenvalue weighted by molar-refractivity contribution is -0.141. The van der Waals surface area contributed by atoms with Crippen LogP contribution in [0, 0.1) is 27.7 Å². The molecule has 0 spiro atoms. The molecule has 0 aliphatic heterocycles. The van der Waals surface area contributed by atoms with Crippen molar-refractivity contribution in [1.29, 1.82) is 0 Å². The van der Waals surface area contributed by atoms with Gasteiger partial charge in [0, 0.05) is 10.4 Å². The predicted octanol–water partition coefficient (Wildman–Crippen LogP) is 5.62. The van der Waals surface area contributed by atoms with Crippen molar-refractivity contribution < 1.29 is 9.90 Å². The summed E-state index contributed by atoms with van der Waals surface area (Å²) in [6.45, 7) is 7.73. The zero-order valence-electron chi connectivity index (χ0n) is 18.7. The second-order valence-electron chi connectivity index (χ2n) is 8.29. The zero-order valence-corrected chi connectivity index (χ0v) is 19.5. The Labute approximate surface area is 191 Å². The molecule has 2 aromatic heterocycles. The molecule has 5 nitrogen and oxygen atoms in total. The van der Waals surface area contributed by atoms with E-state index >= 15 is 0 Å². The normalized spacial score (nSPS) is 12.2. The first-order chi connectivity index (χ1) is 15.3. The summed E-state index contributed by atoms with van der Waals surface area (Å²) in [5.41, 5.74) is 4.84. The number of carbonyl (C=O) groups is 1. The summed E-state index contributed by atoms with van der Waals surface area (Å²) in [5.74, 6) is -0.595. The van der Waals surface area contributed by atoms with Crippen LogP contribution in [0.15, 0.2) is 53.3 Å². The van der Waals surface area contributed by atoms with E-state index < -0.39 is 12.0 Å². The number of carboxylic acid groups (broad SMARTS) is 1. The van der Waals surface area contributed by atoms with Gasteiger partial charge >= 0.3 is 5.97 Å². The Morgan fingerprint density at radius 2 is 1.59 bits per heavy atom. The van der Waals surface area contributed by atoms with Crippen molar-refractivity contribution in [2.24, 2.45) is 0 Å². The van der Waals surface area contributed by atoms with Gasteiger partial charge in [0.05, 0.1) is 5.39 Å². The Hall–Kier alpha value is -3.25. The van der Waals surface area contributed by atoms with Crippen LogP contribution in [0.5, 0.6) is 0 Å². The number of fused-ring (bicyclic) bond motifs is 1. The van der Waals surface area contributed by atoms with Crippen LogP contribution < -0.4 is 5.56 Å². The number of nitrogens with zero attached hydrogens (tertiary/aromatic N) is 2. The SMILES string of the molecule is Cc1ccc(CCC(C(=O)O)n2c(C)nc3sc(C)c(-c4ccc(C)cc4)c3c2=O)cc1. The lowest BCUT2D eigenvalue weighted by atomic mass is 10.0. The van der Waals surface area contributed by atoms with Crippen molar-refractivity contribution in [3.05, 3.63) is 86.3 Å². The van der Waals surface area contributed by atoms with E-state index in [9.17, 15) is 14.7 Å². The fourth-order valence-corrected chi connectivity index (χ4v) is 5.21. The number of aliphatic carboxylic acids is 1. The van der Waals surface area contributed by atoms with Crippen molar-refractivity contribution in [2.75, 3.05) is 0 Å². The highest BCUT2D eigenvalue weighted by atomic mass is 32.1. The van der Waals surface area contributed by atoms with Gasteiger partial charge in [0.15, 0.2) is 0 Å². The predicted molar refractivity (Wildman–Crippen MR) is 130 cm³/mol. The molecule has 0 bridgehead atoms. The number of carboxylic acids is 1. The number of hydrogen-bond acceptors (Lipinski definition) is 4. The Bertz CT molecular complexity index is 1350. The van der Waals surface area contributed by atoms with E-state index in [0.29, 0.717) is 28.9 Å². The average molecular weight is 447 g/mol. The quantitative estimate of drug-likeness (QED) is 0.417. The third-order valence-electron chi connectivity index (χ3n) is 5.87. The van der Waals surface area contributed by atoms with Crippen LogP contribution in [0.1, 0.15) is 39.9 Å². The van der Waals surface area contributed by atoms with E-state index in [1.165, 1.54) is 15.9 Å².